The van der Waals surface area contributed by atoms with Crippen LogP contribution in [0.4, 0.5) is 21.0 Å². The van der Waals surface area contributed by atoms with Crippen LogP contribution in [0.5, 0.6) is 0 Å². The van der Waals surface area contributed by atoms with E-state index in [9.17, 15) is 14.4 Å². The number of hydrogen-bond acceptors (Lipinski definition) is 7. The lowest BCUT2D eigenvalue weighted by Gasteiger charge is -2.41. The van der Waals surface area contributed by atoms with Crippen molar-refractivity contribution in [2.75, 3.05) is 70.5 Å². The molecule has 48 heavy (non-hydrogen) atoms. The number of nitrogens with two attached hydrogens (primary N) is 1. The molecule has 0 aliphatic carbocycles. The van der Waals surface area contributed by atoms with E-state index in [0.29, 0.717) is 68.7 Å². The molecule has 260 valence electrons. The van der Waals surface area contributed by atoms with Crippen LogP contribution in [0.3, 0.4) is 0 Å². The molecule has 12 heteroatoms. The number of carbonyl (C=O) groups excluding carboxylic acids is 3. The van der Waals surface area contributed by atoms with Gasteiger partial charge in [0.1, 0.15) is 0 Å². The summed E-state index contributed by atoms with van der Waals surface area (Å²) in [5.74, 6) is -0.165. The Labute approximate surface area is 289 Å². The van der Waals surface area contributed by atoms with Crippen LogP contribution in [0.1, 0.15) is 55.7 Å². The summed E-state index contributed by atoms with van der Waals surface area (Å²) in [4.78, 5) is 51.0. The lowest BCUT2D eigenvalue weighted by Crippen LogP contribution is -2.53. The first-order valence-electron chi connectivity index (χ1n) is 17.6. The molecule has 2 aromatic carbocycles. The van der Waals surface area contributed by atoms with Crippen LogP contribution in [-0.4, -0.2) is 120 Å². The molecule has 3 saturated heterocycles. The molecule has 0 bridgehead atoms. The topological polar surface area (TPSA) is 115 Å². The second-order valence-electron chi connectivity index (χ2n) is 13.8. The molecule has 4 heterocycles. The summed E-state index contributed by atoms with van der Waals surface area (Å²) in [5.41, 5.74) is 10.4. The predicted molar refractivity (Wildman–Crippen MR) is 188 cm³/mol. The number of rotatable bonds is 7. The van der Waals surface area contributed by atoms with Crippen LogP contribution in [0.2, 0.25) is 5.02 Å². The van der Waals surface area contributed by atoms with Gasteiger partial charge in [0, 0.05) is 70.0 Å². The minimum atomic E-state index is -0.979. The van der Waals surface area contributed by atoms with E-state index in [4.69, 9.17) is 22.1 Å². The zero-order valence-corrected chi connectivity index (χ0v) is 29.1. The van der Waals surface area contributed by atoms with Gasteiger partial charge in [-0.15, -0.1) is 0 Å². The highest BCUT2D eigenvalue weighted by molar-refractivity contribution is 6.33. The van der Waals surface area contributed by atoms with Crippen LogP contribution >= 0.6 is 11.6 Å². The zero-order chi connectivity index (χ0) is 33.8. The number of fused-ring (bicyclic) bond motifs is 1. The van der Waals surface area contributed by atoms with Crippen LogP contribution in [0, 0.1) is 0 Å². The number of anilines is 2. The molecule has 0 unspecified atom stereocenters. The van der Waals surface area contributed by atoms with Gasteiger partial charge in [-0.05, 0) is 87.5 Å². The van der Waals surface area contributed by atoms with Gasteiger partial charge < -0.3 is 35.4 Å². The monoisotopic (exact) mass is 679 g/mol. The Morgan fingerprint density at radius 3 is 2.42 bits per heavy atom. The number of benzene rings is 2. The van der Waals surface area contributed by atoms with Crippen LogP contribution in [0.25, 0.3) is 0 Å². The van der Waals surface area contributed by atoms with Gasteiger partial charge in [0.15, 0.2) is 6.10 Å². The number of para-hydroxylation sites is 1. The van der Waals surface area contributed by atoms with Gasteiger partial charge in [-0.3, -0.25) is 9.69 Å². The van der Waals surface area contributed by atoms with Crippen molar-refractivity contribution in [3.8, 4) is 0 Å². The third-order valence-electron chi connectivity index (χ3n) is 10.7. The molecule has 4 amide bonds. The Balaban J connectivity index is 1.10. The lowest BCUT2D eigenvalue weighted by molar-refractivity contribution is -0.142. The normalized spacial score (nSPS) is 21.0. The third-order valence-corrected chi connectivity index (χ3v) is 11.0. The Kier molecular flexibility index (Phi) is 11.0. The van der Waals surface area contributed by atoms with Crippen LogP contribution in [0.15, 0.2) is 36.4 Å². The summed E-state index contributed by atoms with van der Waals surface area (Å²) >= 11 is 6.49. The maximum atomic E-state index is 14.1. The first-order chi connectivity index (χ1) is 23.2. The second kappa shape index (κ2) is 15.3. The van der Waals surface area contributed by atoms with Gasteiger partial charge in [0.25, 0.3) is 5.91 Å². The number of hydrogen-bond donors (Lipinski definition) is 2. The number of nitrogen functional groups attached to an aromatic ring is 1. The van der Waals surface area contributed by atoms with E-state index < -0.39 is 12.2 Å². The smallest absolute Gasteiger partial charge is 0.410 e. The third kappa shape index (κ3) is 7.84. The lowest BCUT2D eigenvalue weighted by atomic mass is 9.99. The van der Waals surface area contributed by atoms with E-state index in [1.807, 2.05) is 47.1 Å². The molecule has 2 aromatic rings. The van der Waals surface area contributed by atoms with Crippen molar-refractivity contribution in [3.05, 3.63) is 58.1 Å². The van der Waals surface area contributed by atoms with E-state index in [0.717, 1.165) is 67.8 Å². The summed E-state index contributed by atoms with van der Waals surface area (Å²) < 4.78 is 6.09. The predicted octanol–water partition coefficient (Wildman–Crippen LogP) is 4.67. The van der Waals surface area contributed by atoms with Crippen molar-refractivity contribution in [1.82, 2.24) is 24.5 Å². The molecule has 11 nitrogen and oxygen atoms in total. The van der Waals surface area contributed by atoms with Crippen molar-refractivity contribution in [1.29, 1.82) is 0 Å². The molecular formula is C36H50ClN7O4. The molecule has 0 spiro atoms. The summed E-state index contributed by atoms with van der Waals surface area (Å²) in [6.45, 7) is 9.05. The van der Waals surface area contributed by atoms with E-state index in [2.05, 4.69) is 22.2 Å². The summed E-state index contributed by atoms with van der Waals surface area (Å²) in [5, 5.41) is 3.44. The Hall–Kier alpha value is -3.54. The quantitative estimate of drug-likeness (QED) is 0.409. The average molecular weight is 680 g/mol. The number of halogens is 1. The van der Waals surface area contributed by atoms with Gasteiger partial charge in [0.2, 0.25) is 0 Å². The molecule has 6 rings (SSSR count). The molecule has 1 atom stereocenters. The van der Waals surface area contributed by atoms with Gasteiger partial charge in [-0.2, -0.15) is 0 Å². The van der Waals surface area contributed by atoms with Crippen LogP contribution < -0.4 is 11.1 Å². The van der Waals surface area contributed by atoms with Gasteiger partial charge >= 0.3 is 12.1 Å². The number of ether oxygens (including phenoxy) is 1. The largest absolute Gasteiger partial charge is 0.436 e. The SMILES string of the molecule is CCc1cc(C[C@@H](OC(=O)N2CCC(N3Cc4ccccc4NC3=O)CC2)C(=O)N2CCC(N3CCCN(C)CC3)CC2)cc(Cl)c1N. The summed E-state index contributed by atoms with van der Waals surface area (Å²) in [6.07, 6.45) is 3.69. The van der Waals surface area contributed by atoms with E-state index in [1.54, 1.807) is 11.0 Å². The van der Waals surface area contributed by atoms with Gasteiger partial charge in [-0.1, -0.05) is 42.8 Å². The standard InChI is InChI=1S/C36H50ClN7O4/c1-3-26-21-25(22-30(37)33(26)38)23-32(34(45)42-15-9-28(10-16-42)41-14-6-13-40(2)19-20-41)48-36(47)43-17-11-29(12-18-43)44-24-27-7-4-5-8-31(27)39-35(44)46/h4-5,7-8,21-22,28-29,32H,3,6,9-20,23-24,38H2,1-2H3,(H,39,46)/t32-/m1/s1. The van der Waals surface area contributed by atoms with E-state index in [1.165, 1.54) is 0 Å². The van der Waals surface area contributed by atoms with E-state index >= 15 is 0 Å². The highest BCUT2D eigenvalue weighted by Crippen LogP contribution is 2.30. The van der Waals surface area contributed by atoms with Gasteiger partial charge in [-0.25, -0.2) is 9.59 Å². The number of likely N-dealkylation sites (tertiary alicyclic amines) is 2. The van der Waals surface area contributed by atoms with Crippen molar-refractivity contribution in [2.45, 2.75) is 76.6 Å². The molecule has 3 N–H and O–H groups in total. The number of piperidine rings is 2. The average Bonchev–Trinajstić information content (AvgIpc) is 3.33. The molecule has 0 aromatic heterocycles. The molecular weight excluding hydrogens is 630 g/mol. The number of amides is 4. The number of aryl methyl sites for hydroxylation is 1. The fourth-order valence-corrected chi connectivity index (χ4v) is 7.96. The second-order valence-corrected chi connectivity index (χ2v) is 14.2. The maximum Gasteiger partial charge on any atom is 0.410 e. The molecule has 4 aliphatic heterocycles. The minimum absolute atomic E-state index is 0.00937. The number of urea groups is 1. The summed E-state index contributed by atoms with van der Waals surface area (Å²) in [7, 11) is 2.18. The number of likely N-dealkylation sites (N-methyl/N-ethyl adjacent to an activating group) is 1. The number of nitrogens with one attached hydrogen (secondary N) is 1. The first kappa shape index (κ1) is 34.3. The molecule has 0 radical (unpaired) electrons. The van der Waals surface area contributed by atoms with E-state index in [-0.39, 0.29) is 24.4 Å². The fraction of sp³-hybridized carbons (Fsp3) is 0.583. The first-order valence-corrected chi connectivity index (χ1v) is 18.0. The number of nitrogens with zero attached hydrogens (tertiary/aromatic N) is 5. The maximum absolute atomic E-state index is 14.1. The number of carbonyl (C=O) groups is 3. The Morgan fingerprint density at radius 1 is 0.958 bits per heavy atom. The Bertz CT molecular complexity index is 1470. The van der Waals surface area contributed by atoms with Crippen molar-refractivity contribution in [2.24, 2.45) is 0 Å². The van der Waals surface area contributed by atoms with Crippen molar-refractivity contribution < 1.29 is 19.1 Å². The molecule has 3 fully saturated rings. The molecule has 0 saturated carbocycles. The zero-order valence-electron chi connectivity index (χ0n) is 28.3. The highest BCUT2D eigenvalue weighted by Gasteiger charge is 2.37. The highest BCUT2D eigenvalue weighted by atomic mass is 35.5. The van der Waals surface area contributed by atoms with Crippen molar-refractivity contribution in [3.63, 3.8) is 0 Å². The molecule has 4 aliphatic rings. The van der Waals surface area contributed by atoms with Crippen LogP contribution in [-0.2, 0) is 28.9 Å². The minimum Gasteiger partial charge on any atom is -0.436 e. The van der Waals surface area contributed by atoms with Gasteiger partial charge in [0.05, 0.1) is 10.7 Å². The van der Waals surface area contributed by atoms with Crippen molar-refractivity contribution >= 4 is 41.0 Å². The summed E-state index contributed by atoms with van der Waals surface area (Å²) in [6, 6.07) is 11.9. The fourth-order valence-electron chi connectivity index (χ4n) is 7.70. The Morgan fingerprint density at radius 2 is 1.67 bits per heavy atom.